The van der Waals surface area contributed by atoms with E-state index in [9.17, 15) is 9.90 Å². The highest BCUT2D eigenvalue weighted by molar-refractivity contribution is 6.30. The lowest BCUT2D eigenvalue weighted by Gasteiger charge is -2.03. The molecule has 3 rings (SSSR count). The summed E-state index contributed by atoms with van der Waals surface area (Å²) in [6, 6.07) is 8.93. The van der Waals surface area contributed by atoms with Crippen LogP contribution < -0.4 is 0 Å². The predicted octanol–water partition coefficient (Wildman–Crippen LogP) is 3.42. The topological polar surface area (TPSA) is 92.0 Å². The number of H-pyrrole nitrogens is 1. The number of carbonyl (C=O) groups is 1. The van der Waals surface area contributed by atoms with Gasteiger partial charge in [-0.1, -0.05) is 23.7 Å². The molecule has 0 aliphatic carbocycles. The number of furan rings is 1. The molecule has 3 aromatic rings. The van der Waals surface area contributed by atoms with Crippen molar-refractivity contribution in [2.45, 2.75) is 6.42 Å². The van der Waals surface area contributed by atoms with Gasteiger partial charge in [0.25, 0.3) is 0 Å². The molecule has 116 valence electrons. The van der Waals surface area contributed by atoms with Gasteiger partial charge in [0.15, 0.2) is 5.82 Å². The van der Waals surface area contributed by atoms with Gasteiger partial charge in [0.2, 0.25) is 5.78 Å². The molecular weight excluding hydrogens is 318 g/mol. The van der Waals surface area contributed by atoms with Crippen molar-refractivity contribution >= 4 is 23.1 Å². The van der Waals surface area contributed by atoms with E-state index in [1.807, 2.05) is 18.2 Å². The van der Waals surface area contributed by atoms with E-state index in [1.165, 1.54) is 12.6 Å². The minimum atomic E-state index is -0.477. The fourth-order valence-corrected chi connectivity index (χ4v) is 2.35. The highest BCUT2D eigenvalue weighted by Crippen LogP contribution is 2.23. The summed E-state index contributed by atoms with van der Waals surface area (Å²) < 4.78 is 5.41. The molecule has 0 fully saturated rings. The van der Waals surface area contributed by atoms with Gasteiger partial charge in [0, 0.05) is 17.5 Å². The molecule has 0 radical (unpaired) electrons. The molecule has 0 atom stereocenters. The summed E-state index contributed by atoms with van der Waals surface area (Å²) in [6.45, 7) is 0. The Morgan fingerprint density at radius 3 is 3.00 bits per heavy atom. The van der Waals surface area contributed by atoms with E-state index in [2.05, 4.69) is 15.2 Å². The average Bonchev–Trinajstić information content (AvgIpc) is 3.18. The number of aromatic nitrogens is 3. The number of aliphatic hydroxyl groups is 1. The van der Waals surface area contributed by atoms with Gasteiger partial charge >= 0.3 is 0 Å². The highest BCUT2D eigenvalue weighted by atomic mass is 35.5. The number of aliphatic hydroxyl groups excluding tert-OH is 1. The Morgan fingerprint density at radius 2 is 2.26 bits per heavy atom. The van der Waals surface area contributed by atoms with Crippen LogP contribution in [0.2, 0.25) is 5.02 Å². The lowest BCUT2D eigenvalue weighted by molar-refractivity contribution is 0.103. The number of hydrogen-bond acceptors (Lipinski definition) is 5. The number of nitrogens with one attached hydrogen (secondary N) is 1. The van der Waals surface area contributed by atoms with Gasteiger partial charge in [0.05, 0.1) is 11.8 Å². The molecule has 7 heteroatoms. The zero-order chi connectivity index (χ0) is 16.2. The van der Waals surface area contributed by atoms with Crippen molar-refractivity contribution < 1.29 is 14.3 Å². The monoisotopic (exact) mass is 329 g/mol. The van der Waals surface area contributed by atoms with Crippen LogP contribution in [0.1, 0.15) is 27.5 Å². The number of benzene rings is 1. The smallest absolute Gasteiger partial charge is 0.226 e. The summed E-state index contributed by atoms with van der Waals surface area (Å²) in [5.74, 6) is -0.0880. The lowest BCUT2D eigenvalue weighted by Crippen LogP contribution is -2.00. The third kappa shape index (κ3) is 3.49. The maximum atomic E-state index is 11.9. The minimum absolute atomic E-state index is 0.0523. The van der Waals surface area contributed by atoms with Crippen LogP contribution in [0.3, 0.4) is 0 Å². The second-order valence-electron chi connectivity index (χ2n) is 4.79. The summed E-state index contributed by atoms with van der Waals surface area (Å²) >= 11 is 5.96. The van der Waals surface area contributed by atoms with Crippen molar-refractivity contribution in [3.8, 4) is 0 Å². The molecular formula is C16H12ClN3O3. The minimum Gasteiger partial charge on any atom is -0.507 e. The molecule has 2 heterocycles. The first kappa shape index (κ1) is 15.1. The molecule has 2 N–H and O–H groups in total. The maximum Gasteiger partial charge on any atom is 0.226 e. The van der Waals surface area contributed by atoms with Crippen molar-refractivity contribution in [1.29, 1.82) is 0 Å². The Hall–Kier alpha value is -2.86. The van der Waals surface area contributed by atoms with Crippen LogP contribution in [0.15, 0.2) is 53.4 Å². The van der Waals surface area contributed by atoms with Crippen LogP contribution in [0.5, 0.6) is 0 Å². The second-order valence-corrected chi connectivity index (χ2v) is 5.23. The molecule has 23 heavy (non-hydrogen) atoms. The summed E-state index contributed by atoms with van der Waals surface area (Å²) in [4.78, 5) is 15.6. The van der Waals surface area contributed by atoms with Gasteiger partial charge in [-0.2, -0.15) is 5.10 Å². The first-order chi connectivity index (χ1) is 11.1. The Bertz CT molecular complexity index is 853. The Morgan fingerprint density at radius 1 is 1.39 bits per heavy atom. The molecule has 0 saturated carbocycles. The average molecular weight is 330 g/mol. The summed E-state index contributed by atoms with van der Waals surface area (Å²) in [5, 5.41) is 16.8. The quantitative estimate of drug-likeness (QED) is 0.425. The highest BCUT2D eigenvalue weighted by Gasteiger charge is 2.14. The van der Waals surface area contributed by atoms with Gasteiger partial charge in [-0.25, -0.2) is 4.98 Å². The summed E-state index contributed by atoms with van der Waals surface area (Å²) in [6.07, 6.45) is 4.20. The number of aromatic amines is 1. The zero-order valence-corrected chi connectivity index (χ0v) is 12.6. The first-order valence-corrected chi connectivity index (χ1v) is 7.13. The Labute approximate surface area is 136 Å². The first-order valence-electron chi connectivity index (χ1n) is 6.75. The Balaban J connectivity index is 1.84. The molecule has 0 aliphatic heterocycles. The van der Waals surface area contributed by atoms with Gasteiger partial charge in [-0.3, -0.25) is 9.89 Å². The molecule has 6 nitrogen and oxygen atoms in total. The van der Waals surface area contributed by atoms with Gasteiger partial charge in [0.1, 0.15) is 17.8 Å². The van der Waals surface area contributed by atoms with E-state index >= 15 is 0 Å². The van der Waals surface area contributed by atoms with Crippen molar-refractivity contribution in [2.75, 3.05) is 0 Å². The standard InChI is InChI=1S/C16H12ClN3O3/c17-11-3-1-2-10(6-11)7-15-12(4-5-23-15)13(21)8-14(22)16-18-9-19-20-16/h1-6,8-9,21H,7H2,(H,18,19,20). The second kappa shape index (κ2) is 6.50. The molecule has 2 aromatic heterocycles. The van der Waals surface area contributed by atoms with E-state index in [4.69, 9.17) is 16.0 Å². The molecule has 0 unspecified atom stereocenters. The fourth-order valence-electron chi connectivity index (χ4n) is 2.13. The zero-order valence-electron chi connectivity index (χ0n) is 11.9. The number of nitrogens with zero attached hydrogens (tertiary/aromatic N) is 2. The van der Waals surface area contributed by atoms with Crippen molar-refractivity contribution in [2.24, 2.45) is 0 Å². The molecule has 0 saturated heterocycles. The van der Waals surface area contributed by atoms with E-state index in [0.29, 0.717) is 22.8 Å². The normalized spacial score (nSPS) is 11.6. The van der Waals surface area contributed by atoms with Crippen LogP contribution in [-0.4, -0.2) is 26.1 Å². The van der Waals surface area contributed by atoms with Crippen molar-refractivity contribution in [1.82, 2.24) is 15.2 Å². The largest absolute Gasteiger partial charge is 0.507 e. The molecule has 0 amide bonds. The van der Waals surface area contributed by atoms with Crippen LogP contribution in [0.25, 0.3) is 5.76 Å². The number of ketones is 1. The van der Waals surface area contributed by atoms with E-state index in [1.54, 1.807) is 12.1 Å². The van der Waals surface area contributed by atoms with Gasteiger partial charge < -0.3 is 9.52 Å². The number of carbonyl (C=O) groups excluding carboxylic acids is 1. The van der Waals surface area contributed by atoms with Crippen LogP contribution in [0.4, 0.5) is 0 Å². The number of rotatable bonds is 5. The fraction of sp³-hybridized carbons (Fsp3) is 0.0625. The van der Waals surface area contributed by atoms with Crippen LogP contribution >= 0.6 is 11.6 Å². The molecule has 1 aromatic carbocycles. The van der Waals surface area contributed by atoms with E-state index < -0.39 is 5.78 Å². The number of hydrogen-bond donors (Lipinski definition) is 2. The molecule has 0 aliphatic rings. The van der Waals surface area contributed by atoms with Crippen molar-refractivity contribution in [3.05, 3.63) is 76.7 Å². The van der Waals surface area contributed by atoms with Crippen LogP contribution in [-0.2, 0) is 6.42 Å². The van der Waals surface area contributed by atoms with Crippen molar-refractivity contribution in [3.63, 3.8) is 0 Å². The van der Waals surface area contributed by atoms with E-state index in [0.717, 1.165) is 11.6 Å². The third-order valence-electron chi connectivity index (χ3n) is 3.19. The molecule has 0 bridgehead atoms. The Kier molecular flexibility index (Phi) is 4.25. The van der Waals surface area contributed by atoms with E-state index in [-0.39, 0.29) is 11.6 Å². The van der Waals surface area contributed by atoms with Crippen LogP contribution in [0, 0.1) is 0 Å². The SMILES string of the molecule is O=C(C=C(O)c1ccoc1Cc1cccc(Cl)c1)c1ncn[nH]1. The summed E-state index contributed by atoms with van der Waals surface area (Å²) in [5.41, 5.74) is 1.38. The third-order valence-corrected chi connectivity index (χ3v) is 3.43. The number of allylic oxidation sites excluding steroid dienone is 1. The number of halogens is 1. The maximum absolute atomic E-state index is 11.9. The predicted molar refractivity (Wildman–Crippen MR) is 84.3 cm³/mol. The lowest BCUT2D eigenvalue weighted by atomic mass is 10.1. The van der Waals surface area contributed by atoms with Gasteiger partial charge in [-0.15, -0.1) is 0 Å². The molecule has 0 spiro atoms. The van der Waals surface area contributed by atoms with Gasteiger partial charge in [-0.05, 0) is 23.8 Å². The summed E-state index contributed by atoms with van der Waals surface area (Å²) in [7, 11) is 0.